The van der Waals surface area contributed by atoms with Gasteiger partial charge in [-0.1, -0.05) is 13.0 Å². The van der Waals surface area contributed by atoms with Gasteiger partial charge in [0.25, 0.3) is 5.91 Å². The zero-order valence-corrected chi connectivity index (χ0v) is 13.9. The molecule has 20 heavy (non-hydrogen) atoms. The molecule has 1 heterocycles. The van der Waals surface area contributed by atoms with E-state index in [4.69, 9.17) is 0 Å². The number of aryl methyl sites for hydroxylation is 1. The standard InChI is InChI=1S/C15H22N2OS.ClH/c1-10-4-5-12(19-3)8-13(10)15(18)17-14-9-16-7-6-11(14)2;/h4-5,8,11,14,16H,6-7,9H2,1-3H3,(H,17,18);1H. The molecule has 2 atom stereocenters. The molecule has 0 aromatic heterocycles. The molecule has 0 aliphatic carbocycles. The first-order chi connectivity index (χ1) is 9.11. The van der Waals surface area contributed by atoms with Crippen molar-refractivity contribution in [2.24, 2.45) is 5.92 Å². The molecule has 1 fully saturated rings. The normalized spacial score (nSPS) is 21.9. The van der Waals surface area contributed by atoms with Gasteiger partial charge in [-0.2, -0.15) is 0 Å². The van der Waals surface area contributed by atoms with Crippen LogP contribution in [0.25, 0.3) is 0 Å². The summed E-state index contributed by atoms with van der Waals surface area (Å²) in [5.41, 5.74) is 1.83. The fourth-order valence-electron chi connectivity index (χ4n) is 2.40. The van der Waals surface area contributed by atoms with E-state index in [2.05, 4.69) is 23.6 Å². The molecule has 2 unspecified atom stereocenters. The van der Waals surface area contributed by atoms with E-state index < -0.39 is 0 Å². The SMILES string of the molecule is CSc1ccc(C)c(C(=O)NC2CNCCC2C)c1.Cl. The minimum atomic E-state index is 0. The number of hydrogen-bond acceptors (Lipinski definition) is 3. The molecule has 1 saturated heterocycles. The van der Waals surface area contributed by atoms with Gasteiger partial charge in [0.15, 0.2) is 0 Å². The van der Waals surface area contributed by atoms with Crippen molar-refractivity contribution in [2.75, 3.05) is 19.3 Å². The largest absolute Gasteiger partial charge is 0.348 e. The Morgan fingerprint density at radius 2 is 2.20 bits per heavy atom. The Hall–Kier alpha value is -0.710. The maximum Gasteiger partial charge on any atom is 0.251 e. The van der Waals surface area contributed by atoms with Crippen molar-refractivity contribution in [3.63, 3.8) is 0 Å². The van der Waals surface area contributed by atoms with Crippen LogP contribution in [0, 0.1) is 12.8 Å². The van der Waals surface area contributed by atoms with Crippen molar-refractivity contribution >= 4 is 30.1 Å². The monoisotopic (exact) mass is 314 g/mol. The van der Waals surface area contributed by atoms with Crippen LogP contribution in [-0.2, 0) is 0 Å². The number of rotatable bonds is 3. The maximum atomic E-state index is 12.4. The molecule has 1 aliphatic heterocycles. The topological polar surface area (TPSA) is 41.1 Å². The van der Waals surface area contributed by atoms with Crippen LogP contribution in [0.4, 0.5) is 0 Å². The number of halogens is 1. The summed E-state index contributed by atoms with van der Waals surface area (Å²) in [7, 11) is 0. The number of piperidine rings is 1. The molecule has 0 radical (unpaired) electrons. The van der Waals surface area contributed by atoms with Crippen molar-refractivity contribution in [3.8, 4) is 0 Å². The zero-order valence-electron chi connectivity index (χ0n) is 12.2. The predicted molar refractivity (Wildman–Crippen MR) is 88.1 cm³/mol. The summed E-state index contributed by atoms with van der Waals surface area (Å²) < 4.78 is 0. The van der Waals surface area contributed by atoms with E-state index in [0.717, 1.165) is 35.5 Å². The smallest absolute Gasteiger partial charge is 0.251 e. The van der Waals surface area contributed by atoms with Gasteiger partial charge in [0.05, 0.1) is 0 Å². The molecule has 1 aromatic rings. The first kappa shape index (κ1) is 17.3. The molecular formula is C15H23ClN2OS. The van der Waals surface area contributed by atoms with Crippen molar-refractivity contribution in [2.45, 2.75) is 31.2 Å². The third kappa shape index (κ3) is 4.14. The average Bonchev–Trinajstić information content (AvgIpc) is 2.42. The number of hydrogen-bond donors (Lipinski definition) is 2. The van der Waals surface area contributed by atoms with Gasteiger partial charge in [-0.05, 0) is 49.8 Å². The van der Waals surface area contributed by atoms with Gasteiger partial charge in [0, 0.05) is 23.0 Å². The van der Waals surface area contributed by atoms with Crippen LogP contribution in [0.1, 0.15) is 29.3 Å². The summed E-state index contributed by atoms with van der Waals surface area (Å²) in [6.07, 6.45) is 3.15. The fraction of sp³-hybridized carbons (Fsp3) is 0.533. The number of carbonyl (C=O) groups is 1. The van der Waals surface area contributed by atoms with Gasteiger partial charge in [-0.15, -0.1) is 24.2 Å². The van der Waals surface area contributed by atoms with Gasteiger partial charge < -0.3 is 10.6 Å². The summed E-state index contributed by atoms with van der Waals surface area (Å²) in [4.78, 5) is 13.5. The molecule has 5 heteroatoms. The van der Waals surface area contributed by atoms with E-state index in [1.54, 1.807) is 11.8 Å². The highest BCUT2D eigenvalue weighted by atomic mass is 35.5. The van der Waals surface area contributed by atoms with E-state index in [1.165, 1.54) is 0 Å². The molecule has 1 aliphatic rings. The second-order valence-electron chi connectivity index (χ2n) is 5.23. The Morgan fingerprint density at radius 3 is 2.85 bits per heavy atom. The molecule has 3 nitrogen and oxygen atoms in total. The summed E-state index contributed by atoms with van der Waals surface area (Å²) in [6, 6.07) is 6.29. The van der Waals surface area contributed by atoms with Gasteiger partial charge in [-0.3, -0.25) is 4.79 Å². The van der Waals surface area contributed by atoms with E-state index in [9.17, 15) is 4.79 Å². The Bertz CT molecular complexity index is 467. The van der Waals surface area contributed by atoms with Crippen molar-refractivity contribution in [1.29, 1.82) is 0 Å². The lowest BCUT2D eigenvalue weighted by atomic mass is 9.94. The molecule has 0 bridgehead atoms. The van der Waals surface area contributed by atoms with Crippen LogP contribution in [0.5, 0.6) is 0 Å². The lowest BCUT2D eigenvalue weighted by Gasteiger charge is -2.30. The molecule has 0 saturated carbocycles. The predicted octanol–water partition coefficient (Wildman–Crippen LogP) is 2.87. The van der Waals surface area contributed by atoms with Crippen LogP contribution in [0.2, 0.25) is 0 Å². The number of benzene rings is 1. The summed E-state index contributed by atoms with van der Waals surface area (Å²) >= 11 is 1.66. The van der Waals surface area contributed by atoms with Gasteiger partial charge in [-0.25, -0.2) is 0 Å². The van der Waals surface area contributed by atoms with Crippen LogP contribution < -0.4 is 10.6 Å². The van der Waals surface area contributed by atoms with Crippen LogP contribution >= 0.6 is 24.2 Å². The zero-order chi connectivity index (χ0) is 13.8. The van der Waals surface area contributed by atoms with E-state index in [0.29, 0.717) is 5.92 Å². The van der Waals surface area contributed by atoms with Gasteiger partial charge in [0.1, 0.15) is 0 Å². The summed E-state index contributed by atoms with van der Waals surface area (Å²) in [5.74, 6) is 0.586. The van der Waals surface area contributed by atoms with Crippen LogP contribution in [-0.4, -0.2) is 31.3 Å². The van der Waals surface area contributed by atoms with E-state index >= 15 is 0 Å². The highest BCUT2D eigenvalue weighted by molar-refractivity contribution is 7.98. The Labute approximate surface area is 131 Å². The third-order valence-corrected chi connectivity index (χ3v) is 4.56. The quantitative estimate of drug-likeness (QED) is 0.843. The highest BCUT2D eigenvalue weighted by Gasteiger charge is 2.23. The minimum Gasteiger partial charge on any atom is -0.348 e. The maximum absolute atomic E-state index is 12.4. The van der Waals surface area contributed by atoms with Crippen LogP contribution in [0.15, 0.2) is 23.1 Å². The molecule has 112 valence electrons. The first-order valence-electron chi connectivity index (χ1n) is 6.78. The molecule has 1 amide bonds. The number of amides is 1. The number of nitrogens with one attached hydrogen (secondary N) is 2. The van der Waals surface area contributed by atoms with Crippen molar-refractivity contribution < 1.29 is 4.79 Å². The summed E-state index contributed by atoms with van der Waals surface area (Å²) in [6.45, 7) is 6.11. The van der Waals surface area contributed by atoms with E-state index in [-0.39, 0.29) is 24.4 Å². The fourth-order valence-corrected chi connectivity index (χ4v) is 2.84. The van der Waals surface area contributed by atoms with Gasteiger partial charge >= 0.3 is 0 Å². The van der Waals surface area contributed by atoms with Crippen molar-refractivity contribution in [1.82, 2.24) is 10.6 Å². The lowest BCUT2D eigenvalue weighted by molar-refractivity contribution is 0.0914. The first-order valence-corrected chi connectivity index (χ1v) is 8.00. The summed E-state index contributed by atoms with van der Waals surface area (Å²) in [5, 5.41) is 6.51. The molecule has 2 rings (SSSR count). The molecule has 0 spiro atoms. The van der Waals surface area contributed by atoms with Gasteiger partial charge in [0.2, 0.25) is 0 Å². The van der Waals surface area contributed by atoms with Crippen molar-refractivity contribution in [3.05, 3.63) is 29.3 Å². The highest BCUT2D eigenvalue weighted by Crippen LogP contribution is 2.20. The third-order valence-electron chi connectivity index (χ3n) is 3.83. The second-order valence-corrected chi connectivity index (χ2v) is 6.11. The second kappa shape index (κ2) is 7.91. The average molecular weight is 315 g/mol. The minimum absolute atomic E-state index is 0. The lowest BCUT2D eigenvalue weighted by Crippen LogP contribution is -2.50. The number of carbonyl (C=O) groups excluding carboxylic acids is 1. The van der Waals surface area contributed by atoms with E-state index in [1.807, 2.05) is 25.3 Å². The Balaban J connectivity index is 0.00000200. The molecule has 2 N–H and O–H groups in total. The Kier molecular flexibility index (Phi) is 6.86. The Morgan fingerprint density at radius 1 is 1.45 bits per heavy atom. The number of thioether (sulfide) groups is 1. The van der Waals surface area contributed by atoms with Crippen LogP contribution in [0.3, 0.4) is 0 Å². The molecule has 1 aromatic carbocycles. The molecular weight excluding hydrogens is 292 g/mol.